The number of carbonyl (C=O) groups excluding carboxylic acids is 3. The highest BCUT2D eigenvalue weighted by molar-refractivity contribution is 7.81. The van der Waals surface area contributed by atoms with Crippen molar-refractivity contribution in [3.8, 4) is 0 Å². The zero-order valence-corrected chi connectivity index (χ0v) is 37.7. The highest BCUT2D eigenvalue weighted by Gasteiger charge is 2.26. The van der Waals surface area contributed by atoms with E-state index in [4.69, 9.17) is 9.90 Å². The summed E-state index contributed by atoms with van der Waals surface area (Å²) in [6.07, 6.45) is 17.1. The van der Waals surface area contributed by atoms with Crippen molar-refractivity contribution in [3.63, 3.8) is 0 Å². The third-order valence-electron chi connectivity index (χ3n) is 7.61. The van der Waals surface area contributed by atoms with E-state index in [1.165, 1.54) is 25.7 Å². The third-order valence-corrected chi connectivity index (χ3v) is 8.67. The summed E-state index contributed by atoms with van der Waals surface area (Å²) in [7, 11) is 1.10. The van der Waals surface area contributed by atoms with Crippen LogP contribution in [-0.4, -0.2) is 101 Å². The van der Waals surface area contributed by atoms with Gasteiger partial charge in [-0.05, 0) is 64.3 Å². The van der Waals surface area contributed by atoms with Crippen molar-refractivity contribution in [2.45, 2.75) is 173 Å². The van der Waals surface area contributed by atoms with Crippen molar-refractivity contribution in [1.29, 1.82) is 0 Å². The number of rotatable bonds is 18. The summed E-state index contributed by atoms with van der Waals surface area (Å²) in [5.41, 5.74) is 0.195. The normalized spacial score (nSPS) is 15.2. The Morgan fingerprint density at radius 1 is 0.981 bits per heavy atom. The van der Waals surface area contributed by atoms with Crippen LogP contribution in [0.3, 0.4) is 0 Å². The van der Waals surface area contributed by atoms with E-state index in [0.29, 0.717) is 24.4 Å². The molecule has 52 heavy (non-hydrogen) atoms. The molecule has 4 N–H and O–H groups in total. The van der Waals surface area contributed by atoms with Crippen LogP contribution in [0.1, 0.15) is 155 Å². The number of nitrogens with one attached hydrogen (secondary N) is 3. The second kappa shape index (κ2) is 44.8. The van der Waals surface area contributed by atoms with Gasteiger partial charge in [-0.15, -0.1) is 0 Å². The van der Waals surface area contributed by atoms with Gasteiger partial charge in [0.25, 0.3) is 5.97 Å². The van der Waals surface area contributed by atoms with Crippen LogP contribution in [0.25, 0.3) is 0 Å². The number of carboxylic acids is 1. The molecule has 0 aromatic carbocycles. The van der Waals surface area contributed by atoms with Gasteiger partial charge in [-0.25, -0.2) is 8.51 Å². The minimum absolute atomic E-state index is 0.0205. The lowest BCUT2D eigenvalue weighted by Gasteiger charge is -2.34. The lowest BCUT2D eigenvalue weighted by molar-refractivity contribution is -0.134. The molecule has 3 amide bonds. The minimum Gasteiger partial charge on any atom is -0.481 e. The van der Waals surface area contributed by atoms with Crippen LogP contribution < -0.4 is 16.0 Å². The van der Waals surface area contributed by atoms with E-state index >= 15 is 0 Å². The zero-order valence-electron chi connectivity index (χ0n) is 36.9. The van der Waals surface area contributed by atoms with E-state index < -0.39 is 17.0 Å². The maximum Gasteiger partial charge on any atom is 0.300 e. The van der Waals surface area contributed by atoms with Gasteiger partial charge in [0.05, 0.1) is 17.5 Å². The summed E-state index contributed by atoms with van der Waals surface area (Å²) in [5.74, 6) is -0.395. The van der Waals surface area contributed by atoms with Gasteiger partial charge >= 0.3 is 0 Å². The monoisotopic (exact) mass is 766 g/mol. The van der Waals surface area contributed by atoms with E-state index in [-0.39, 0.29) is 23.9 Å². The fourth-order valence-corrected chi connectivity index (χ4v) is 5.33. The molecule has 0 aliphatic carbocycles. The highest BCUT2D eigenvalue weighted by Crippen LogP contribution is 2.20. The van der Waals surface area contributed by atoms with Crippen LogP contribution in [0.5, 0.6) is 0 Å². The number of likely N-dealkylation sites (tertiary alicyclic amines) is 1. The van der Waals surface area contributed by atoms with Crippen LogP contribution in [0.15, 0.2) is 12.2 Å². The number of hydrogen-bond acceptors (Lipinski definition) is 6. The van der Waals surface area contributed by atoms with E-state index in [0.717, 1.165) is 58.7 Å². The number of nitrogens with zero attached hydrogens (tertiary/aromatic N) is 2. The van der Waals surface area contributed by atoms with Gasteiger partial charge in [0.2, 0.25) is 18.7 Å². The first-order valence-electron chi connectivity index (χ1n) is 19.8. The van der Waals surface area contributed by atoms with Crippen molar-refractivity contribution in [2.75, 3.05) is 39.5 Å². The molecule has 1 aliphatic rings. The lowest BCUT2D eigenvalue weighted by atomic mass is 9.87. The number of aliphatic carboxylic acids is 1. The molecule has 1 rings (SSSR count). The maximum absolute atomic E-state index is 11.5. The van der Waals surface area contributed by atoms with Gasteiger partial charge in [-0.2, -0.15) is 0 Å². The molecule has 3 unspecified atom stereocenters. The van der Waals surface area contributed by atoms with Crippen molar-refractivity contribution >= 4 is 35.7 Å². The molecule has 0 aromatic rings. The molecule has 5 atom stereocenters. The first-order valence-corrected chi connectivity index (χ1v) is 21.3. The Morgan fingerprint density at radius 2 is 1.52 bits per heavy atom. The van der Waals surface area contributed by atoms with Gasteiger partial charge in [0.15, 0.2) is 0 Å². The third kappa shape index (κ3) is 42.1. The Morgan fingerprint density at radius 3 is 1.88 bits per heavy atom. The highest BCUT2D eigenvalue weighted by atomic mass is 32.2. The van der Waals surface area contributed by atoms with Crippen molar-refractivity contribution in [2.24, 2.45) is 11.3 Å². The summed E-state index contributed by atoms with van der Waals surface area (Å²) >= 11 is 0. The van der Waals surface area contributed by atoms with Crippen molar-refractivity contribution < 1.29 is 28.5 Å². The molecule has 1 aliphatic heterocycles. The van der Waals surface area contributed by atoms with E-state index in [2.05, 4.69) is 69.6 Å². The first kappa shape index (κ1) is 61.7. The number of likely N-dealkylation sites (N-methyl/N-ethyl adjacent to an activating group) is 1. The number of hydrogen-bond donors (Lipinski definition) is 4. The van der Waals surface area contributed by atoms with Gasteiger partial charge < -0.3 is 26.0 Å². The Labute approximate surface area is 324 Å². The average Bonchev–Trinajstić information content (AvgIpc) is 3.55. The fraction of sp³-hybridized carbons (Fsp3) is 0.850. The molecule has 0 spiro atoms. The Bertz CT molecular complexity index is 851. The van der Waals surface area contributed by atoms with Crippen molar-refractivity contribution in [3.05, 3.63) is 12.2 Å². The number of carboxylic acid groups (broad SMARTS) is 1. The lowest BCUT2D eigenvalue weighted by Crippen LogP contribution is -2.47. The largest absolute Gasteiger partial charge is 0.481 e. The van der Waals surface area contributed by atoms with Gasteiger partial charge in [0, 0.05) is 50.9 Å². The zero-order chi connectivity index (χ0) is 42.1. The molecular weight excluding hydrogens is 679 g/mol. The quantitative estimate of drug-likeness (QED) is 0.0632. The van der Waals surface area contributed by atoms with Crippen LogP contribution in [0.4, 0.5) is 0 Å². The molecular formula is C40H87N5O6S. The second-order valence-electron chi connectivity index (χ2n) is 12.8. The Hall–Kier alpha value is -2.31. The molecule has 0 bridgehead atoms. The molecule has 0 radical (unpaired) electrons. The maximum atomic E-state index is 11.5. The molecule has 11 nitrogen and oxygen atoms in total. The summed E-state index contributed by atoms with van der Waals surface area (Å²) in [5, 5.41) is 15.9. The SMILES string of the molecule is CC.CC.CC.CC(=O)O.CCCCCC/C=C\C(C)C(C)NC=O.CCCN(C[C@@H](NC)C(C)(C)C)S(C)=O.C[C@@H]1CCCN1C(=O)CNC=O. The standard InChI is InChI=1S/C13H25NO.C11H26N2OS.C8H14N2O2.C2H4O2.3C2H6/c1-4-5-6-7-8-9-10-12(2)13(3)14-11-15;1-7-8-13(15(6)14)9-10(12-5)11(2,3)4;1-7-3-2-4-10(7)8(12)5-9-6-11;1-2(3)4;3*1-2/h9-13H,4-8H2,1-3H3,(H,14,15);10,12H,7-9H2,1-6H3;6-7H,2-5H2,1H3,(H,9,11);1H3,(H,3,4);3*1-2H3/b10-9-;;;;;;/t;10-,15?;7-;;;;/m.11..../s1. The fourth-order valence-electron chi connectivity index (χ4n) is 4.54. The predicted octanol–water partition coefficient (Wildman–Crippen LogP) is 7.82. The minimum atomic E-state index is -0.867. The molecule has 1 fully saturated rings. The Kier molecular flexibility index (Phi) is 53.2. The van der Waals surface area contributed by atoms with Crippen molar-refractivity contribution in [1.82, 2.24) is 25.2 Å². The topological polar surface area (TPSA) is 148 Å². The predicted molar refractivity (Wildman–Crippen MR) is 226 cm³/mol. The molecule has 0 aromatic heterocycles. The van der Waals surface area contributed by atoms with Crippen LogP contribution in [0.2, 0.25) is 0 Å². The van der Waals surface area contributed by atoms with Gasteiger partial charge in [-0.3, -0.25) is 19.2 Å². The summed E-state index contributed by atoms with van der Waals surface area (Å²) in [4.78, 5) is 42.3. The summed E-state index contributed by atoms with van der Waals surface area (Å²) in [6, 6.07) is 0.938. The smallest absolute Gasteiger partial charge is 0.300 e. The van der Waals surface area contributed by atoms with Crippen LogP contribution in [0, 0.1) is 11.3 Å². The van der Waals surface area contributed by atoms with E-state index in [1.807, 2.05) is 71.6 Å². The molecule has 314 valence electrons. The number of allylic oxidation sites excluding steroid dienone is 1. The summed E-state index contributed by atoms with van der Waals surface area (Å²) in [6.45, 7) is 32.9. The number of carbonyl (C=O) groups is 4. The molecule has 0 saturated carbocycles. The van der Waals surface area contributed by atoms with E-state index in [1.54, 1.807) is 6.26 Å². The van der Waals surface area contributed by atoms with Gasteiger partial charge in [-0.1, -0.05) is 114 Å². The number of amides is 3. The van der Waals surface area contributed by atoms with Crippen LogP contribution >= 0.6 is 0 Å². The van der Waals surface area contributed by atoms with Gasteiger partial charge in [0.1, 0.15) is 0 Å². The summed E-state index contributed by atoms with van der Waals surface area (Å²) < 4.78 is 13.6. The second-order valence-corrected chi connectivity index (χ2v) is 14.2. The molecule has 1 saturated heterocycles. The Balaban J connectivity index is -0.000000136. The molecule has 12 heteroatoms. The first-order chi connectivity index (χ1) is 24.5. The molecule has 1 heterocycles. The van der Waals surface area contributed by atoms with Crippen LogP contribution in [-0.2, 0) is 30.2 Å². The van der Waals surface area contributed by atoms with E-state index in [9.17, 15) is 18.6 Å². The average molecular weight is 766 g/mol. The number of unbranched alkanes of at least 4 members (excludes halogenated alkanes) is 4.